The molecule has 0 radical (unpaired) electrons. The summed E-state index contributed by atoms with van der Waals surface area (Å²) in [6.07, 6.45) is 1.36. The van der Waals surface area contributed by atoms with Gasteiger partial charge in [-0.05, 0) is 57.0 Å². The summed E-state index contributed by atoms with van der Waals surface area (Å²) in [5.41, 5.74) is 4.05. The summed E-state index contributed by atoms with van der Waals surface area (Å²) in [5.74, 6) is 0.0393. The van der Waals surface area contributed by atoms with E-state index in [0.717, 1.165) is 47.9 Å². The summed E-state index contributed by atoms with van der Waals surface area (Å²) in [4.78, 5) is 21.6. The van der Waals surface area contributed by atoms with Crippen LogP contribution in [0.15, 0.2) is 53.9 Å². The Morgan fingerprint density at radius 2 is 1.89 bits per heavy atom. The van der Waals surface area contributed by atoms with Gasteiger partial charge in [-0.1, -0.05) is 43.3 Å². The lowest BCUT2D eigenvalue weighted by atomic mass is 9.93. The van der Waals surface area contributed by atoms with Crippen molar-refractivity contribution in [3.8, 4) is 16.3 Å². The molecule has 1 aromatic heterocycles. The summed E-state index contributed by atoms with van der Waals surface area (Å²) in [6.45, 7) is 12.2. The van der Waals surface area contributed by atoms with E-state index in [0.29, 0.717) is 18.7 Å². The summed E-state index contributed by atoms with van der Waals surface area (Å²) in [7, 11) is 0. The molecule has 1 aliphatic rings. The van der Waals surface area contributed by atoms with E-state index in [2.05, 4.69) is 65.9 Å². The molecule has 6 nitrogen and oxygen atoms in total. The van der Waals surface area contributed by atoms with Crippen LogP contribution in [0.1, 0.15) is 57.0 Å². The number of phenols is 1. The number of carbonyl (C=O) groups is 1. The van der Waals surface area contributed by atoms with Gasteiger partial charge in [0, 0.05) is 36.1 Å². The summed E-state index contributed by atoms with van der Waals surface area (Å²) < 4.78 is 5.05. The van der Waals surface area contributed by atoms with E-state index in [-0.39, 0.29) is 24.2 Å². The molecule has 0 spiro atoms. The number of piperazine rings is 1. The maximum atomic E-state index is 11.8. The zero-order valence-corrected chi connectivity index (χ0v) is 22.5. The van der Waals surface area contributed by atoms with Crippen LogP contribution in [-0.4, -0.2) is 64.2 Å². The van der Waals surface area contributed by atoms with Crippen molar-refractivity contribution in [2.24, 2.45) is 0 Å². The maximum absolute atomic E-state index is 11.8. The van der Waals surface area contributed by atoms with Crippen molar-refractivity contribution in [2.45, 2.75) is 58.7 Å². The lowest BCUT2D eigenvalue weighted by Crippen LogP contribution is -2.57. The number of thiazole rings is 1. The Morgan fingerprint density at radius 1 is 1.11 bits per heavy atom. The fourth-order valence-corrected chi connectivity index (χ4v) is 5.97. The molecule has 1 N–H and O–H groups in total. The van der Waals surface area contributed by atoms with Crippen molar-refractivity contribution >= 4 is 17.3 Å². The van der Waals surface area contributed by atoms with Gasteiger partial charge in [-0.3, -0.25) is 14.6 Å². The lowest BCUT2D eigenvalue weighted by Gasteiger charge is -2.47. The van der Waals surface area contributed by atoms with Crippen molar-refractivity contribution in [1.29, 1.82) is 0 Å². The molecule has 2 heterocycles. The first-order chi connectivity index (χ1) is 17.4. The standard InChI is InChI=1S/C29H37N3O3S/c1-5-14-31-17-21(4)32(18-20(31)3)28(24-8-7-9-26(33)15-24)22-10-12-23(13-11-22)29-30-25(19-36-29)16-27(34)35-6-2/h7-13,15,19-21,28,33H,5-6,14,16-18H2,1-4H3/t20-,21+,28-/m1/s1. The van der Waals surface area contributed by atoms with E-state index in [4.69, 9.17) is 4.74 Å². The molecule has 0 aliphatic carbocycles. The molecule has 2 aromatic carbocycles. The predicted molar refractivity (Wildman–Crippen MR) is 145 cm³/mol. The van der Waals surface area contributed by atoms with Gasteiger partial charge in [-0.2, -0.15) is 0 Å². The number of hydrogen-bond donors (Lipinski definition) is 1. The van der Waals surface area contributed by atoms with Gasteiger partial charge in [0.1, 0.15) is 10.8 Å². The first kappa shape index (κ1) is 26.3. The van der Waals surface area contributed by atoms with Gasteiger partial charge < -0.3 is 9.84 Å². The van der Waals surface area contributed by atoms with Gasteiger partial charge in [0.15, 0.2) is 0 Å². The Labute approximate surface area is 218 Å². The Hall–Kier alpha value is -2.74. The fourth-order valence-electron chi connectivity index (χ4n) is 5.14. The number of hydrogen-bond acceptors (Lipinski definition) is 7. The van der Waals surface area contributed by atoms with E-state index in [9.17, 15) is 9.90 Å². The Balaban J connectivity index is 1.60. The minimum absolute atomic E-state index is 0.0445. The van der Waals surface area contributed by atoms with Crippen LogP contribution in [0.25, 0.3) is 10.6 Å². The molecule has 1 fully saturated rings. The van der Waals surface area contributed by atoms with Crippen molar-refractivity contribution in [2.75, 3.05) is 26.2 Å². The lowest BCUT2D eigenvalue weighted by molar-refractivity contribution is -0.142. The SMILES string of the molecule is CCCN1C[C@H](C)N([C@H](c2ccc(-c3nc(CC(=O)OCC)cs3)cc2)c2cccc(O)c2)C[C@H]1C. The van der Waals surface area contributed by atoms with Gasteiger partial charge in [0.25, 0.3) is 0 Å². The Bertz CT molecular complexity index is 1150. The second-order valence-electron chi connectivity index (χ2n) is 9.64. The Kier molecular flexibility index (Phi) is 8.77. The van der Waals surface area contributed by atoms with E-state index < -0.39 is 0 Å². The fraction of sp³-hybridized carbons (Fsp3) is 0.448. The van der Waals surface area contributed by atoms with E-state index in [1.54, 1.807) is 17.4 Å². The molecule has 0 unspecified atom stereocenters. The topological polar surface area (TPSA) is 65.9 Å². The third-order valence-corrected chi connectivity index (χ3v) is 7.79. The Morgan fingerprint density at radius 3 is 2.58 bits per heavy atom. The van der Waals surface area contributed by atoms with Crippen LogP contribution in [0.5, 0.6) is 5.75 Å². The average Bonchev–Trinajstić information content (AvgIpc) is 3.31. The molecule has 0 amide bonds. The van der Waals surface area contributed by atoms with Crippen LogP contribution in [0.3, 0.4) is 0 Å². The molecule has 7 heteroatoms. The average molecular weight is 508 g/mol. The highest BCUT2D eigenvalue weighted by atomic mass is 32.1. The van der Waals surface area contributed by atoms with Crippen LogP contribution < -0.4 is 0 Å². The third kappa shape index (κ3) is 6.14. The number of aromatic hydroxyl groups is 1. The molecule has 1 aliphatic heterocycles. The molecule has 3 atom stereocenters. The number of carbonyl (C=O) groups excluding carboxylic acids is 1. The highest BCUT2D eigenvalue weighted by Crippen LogP contribution is 2.36. The summed E-state index contributed by atoms with van der Waals surface area (Å²) in [5, 5.41) is 13.1. The van der Waals surface area contributed by atoms with Gasteiger partial charge in [-0.15, -0.1) is 11.3 Å². The van der Waals surface area contributed by atoms with Crippen LogP contribution in [-0.2, 0) is 16.0 Å². The summed E-state index contributed by atoms with van der Waals surface area (Å²) in [6, 6.07) is 17.1. The zero-order chi connectivity index (χ0) is 25.7. The molecule has 36 heavy (non-hydrogen) atoms. The largest absolute Gasteiger partial charge is 0.508 e. The van der Waals surface area contributed by atoms with Crippen molar-refractivity contribution in [1.82, 2.24) is 14.8 Å². The number of rotatable bonds is 9. The quantitative estimate of drug-likeness (QED) is 0.385. The molecular weight excluding hydrogens is 470 g/mol. The molecule has 4 rings (SSSR count). The highest BCUT2D eigenvalue weighted by Gasteiger charge is 2.34. The highest BCUT2D eigenvalue weighted by molar-refractivity contribution is 7.13. The van der Waals surface area contributed by atoms with Crippen LogP contribution in [0.2, 0.25) is 0 Å². The van der Waals surface area contributed by atoms with Gasteiger partial charge in [0.2, 0.25) is 0 Å². The molecule has 192 valence electrons. The molecule has 0 bridgehead atoms. The number of ether oxygens (including phenoxy) is 1. The van der Waals surface area contributed by atoms with Crippen molar-refractivity contribution in [3.63, 3.8) is 0 Å². The van der Waals surface area contributed by atoms with Crippen LogP contribution in [0, 0.1) is 0 Å². The van der Waals surface area contributed by atoms with Gasteiger partial charge in [-0.25, -0.2) is 4.98 Å². The number of benzene rings is 2. The van der Waals surface area contributed by atoms with Crippen molar-refractivity contribution < 1.29 is 14.6 Å². The number of nitrogens with zero attached hydrogens (tertiary/aromatic N) is 3. The van der Waals surface area contributed by atoms with Crippen LogP contribution in [0.4, 0.5) is 0 Å². The smallest absolute Gasteiger partial charge is 0.311 e. The second-order valence-corrected chi connectivity index (χ2v) is 10.5. The molecule has 3 aromatic rings. The molecule has 0 saturated carbocycles. The minimum atomic E-state index is -0.249. The summed E-state index contributed by atoms with van der Waals surface area (Å²) >= 11 is 1.54. The monoisotopic (exact) mass is 507 g/mol. The predicted octanol–water partition coefficient (Wildman–Crippen LogP) is 5.52. The first-order valence-electron chi connectivity index (χ1n) is 12.9. The van der Waals surface area contributed by atoms with Crippen LogP contribution >= 0.6 is 11.3 Å². The van der Waals surface area contributed by atoms with Crippen molar-refractivity contribution in [3.05, 3.63) is 70.7 Å². The van der Waals surface area contributed by atoms with E-state index >= 15 is 0 Å². The second kappa shape index (κ2) is 12.0. The molecular formula is C29H37N3O3S. The third-order valence-electron chi connectivity index (χ3n) is 6.85. The first-order valence-corrected chi connectivity index (χ1v) is 13.8. The van der Waals surface area contributed by atoms with Gasteiger partial charge >= 0.3 is 5.97 Å². The number of aromatic nitrogens is 1. The maximum Gasteiger partial charge on any atom is 0.311 e. The van der Waals surface area contributed by atoms with E-state index in [1.807, 2.05) is 24.4 Å². The number of esters is 1. The minimum Gasteiger partial charge on any atom is -0.508 e. The number of phenolic OH excluding ortho intramolecular Hbond substituents is 1. The zero-order valence-electron chi connectivity index (χ0n) is 21.7. The normalized spacial score (nSPS) is 19.8. The molecule has 1 saturated heterocycles. The van der Waals surface area contributed by atoms with E-state index in [1.165, 1.54) is 5.56 Å². The van der Waals surface area contributed by atoms with Gasteiger partial charge in [0.05, 0.1) is 24.8 Å².